The first-order valence-electron chi connectivity index (χ1n) is 13.7. The molecule has 0 unspecified atom stereocenters. The van der Waals surface area contributed by atoms with Crippen molar-refractivity contribution >= 4 is 16.7 Å². The molecule has 0 saturated heterocycles. The van der Waals surface area contributed by atoms with Crippen molar-refractivity contribution < 1.29 is 4.74 Å². The summed E-state index contributed by atoms with van der Waals surface area (Å²) in [5.74, 6) is 2.37. The second kappa shape index (κ2) is 9.75. The van der Waals surface area contributed by atoms with Gasteiger partial charge in [-0.25, -0.2) is 4.98 Å². The molecule has 0 amide bonds. The number of anilines is 1. The Kier molecular flexibility index (Phi) is 6.26. The van der Waals surface area contributed by atoms with E-state index in [1.165, 1.54) is 12.8 Å². The van der Waals surface area contributed by atoms with E-state index in [2.05, 4.69) is 50.2 Å². The second-order valence-corrected chi connectivity index (χ2v) is 11.0. The summed E-state index contributed by atoms with van der Waals surface area (Å²) < 4.78 is 10.4. The molecular weight excluding hydrogens is 476 g/mol. The van der Waals surface area contributed by atoms with Crippen LogP contribution in [0, 0.1) is 11.3 Å². The summed E-state index contributed by atoms with van der Waals surface area (Å²) in [6.07, 6.45) is 14.0. The van der Waals surface area contributed by atoms with Crippen LogP contribution in [0.4, 0.5) is 5.82 Å². The highest BCUT2D eigenvalue weighted by atomic mass is 16.5. The topological polar surface area (TPSA) is 106 Å². The molecular formula is C29H34N8O. The Morgan fingerprint density at radius 2 is 1.95 bits per heavy atom. The van der Waals surface area contributed by atoms with Crippen LogP contribution in [0.15, 0.2) is 43.0 Å². The molecule has 0 spiro atoms. The third kappa shape index (κ3) is 4.60. The lowest BCUT2D eigenvalue weighted by Gasteiger charge is -2.30. The van der Waals surface area contributed by atoms with Gasteiger partial charge in [0.15, 0.2) is 0 Å². The van der Waals surface area contributed by atoms with Crippen molar-refractivity contribution in [1.29, 1.82) is 5.26 Å². The monoisotopic (exact) mass is 510 g/mol. The zero-order valence-electron chi connectivity index (χ0n) is 22.3. The lowest BCUT2D eigenvalue weighted by Crippen LogP contribution is -2.26. The Morgan fingerprint density at radius 3 is 2.68 bits per heavy atom. The van der Waals surface area contributed by atoms with E-state index in [-0.39, 0.29) is 12.1 Å². The number of hydrogen-bond donors (Lipinski definition) is 1. The highest BCUT2D eigenvalue weighted by Gasteiger charge is 2.31. The Labute approximate surface area is 222 Å². The fourth-order valence-corrected chi connectivity index (χ4v) is 5.36. The summed E-state index contributed by atoms with van der Waals surface area (Å²) in [5, 5.41) is 23.5. The van der Waals surface area contributed by atoms with E-state index in [4.69, 9.17) is 9.84 Å². The molecule has 0 bridgehead atoms. The highest BCUT2D eigenvalue weighted by molar-refractivity contribution is 5.93. The number of ether oxygens (including phenoxy) is 1. The highest BCUT2D eigenvalue weighted by Crippen LogP contribution is 2.44. The molecule has 38 heavy (non-hydrogen) atoms. The van der Waals surface area contributed by atoms with Crippen LogP contribution < -0.4 is 10.1 Å². The van der Waals surface area contributed by atoms with E-state index < -0.39 is 5.54 Å². The van der Waals surface area contributed by atoms with E-state index in [1.54, 1.807) is 10.9 Å². The summed E-state index contributed by atoms with van der Waals surface area (Å²) in [7, 11) is 0. The number of aromatic nitrogens is 6. The average Bonchev–Trinajstić information content (AvgIpc) is 3.53. The molecule has 9 heteroatoms. The summed E-state index contributed by atoms with van der Waals surface area (Å²) in [5.41, 5.74) is 3.18. The molecule has 4 heterocycles. The normalized spacial score (nSPS) is 19.8. The molecule has 196 valence electrons. The number of rotatable bonds is 8. The Hall–Kier alpha value is -3.93. The fourth-order valence-electron chi connectivity index (χ4n) is 5.36. The van der Waals surface area contributed by atoms with Crippen LogP contribution >= 0.6 is 0 Å². The van der Waals surface area contributed by atoms with E-state index in [0.717, 1.165) is 71.6 Å². The smallest absolute Gasteiger partial charge is 0.143 e. The largest absolute Gasteiger partial charge is 0.489 e. The van der Waals surface area contributed by atoms with Gasteiger partial charge in [-0.15, -0.1) is 0 Å². The summed E-state index contributed by atoms with van der Waals surface area (Å²) in [6, 6.07) is 8.72. The van der Waals surface area contributed by atoms with Crippen LogP contribution in [0.2, 0.25) is 0 Å². The lowest BCUT2D eigenvalue weighted by molar-refractivity contribution is 0.129. The molecule has 1 N–H and O–H groups in total. The van der Waals surface area contributed by atoms with Gasteiger partial charge in [0.05, 0.1) is 35.6 Å². The lowest BCUT2D eigenvalue weighted by atomic mass is 9.93. The van der Waals surface area contributed by atoms with E-state index in [9.17, 15) is 5.26 Å². The van der Waals surface area contributed by atoms with Crippen molar-refractivity contribution in [2.45, 2.75) is 82.9 Å². The Bertz CT molecular complexity index is 1480. The molecule has 0 aliphatic heterocycles. The van der Waals surface area contributed by atoms with E-state index in [0.29, 0.717) is 5.92 Å². The standard InChI is InChI=1S/C29H34N8O/c1-4-31-26-14-24-23(16-33-26)27(20-15-34-36(17-20)29(2,3)18-30)35-37(24)21-9-11-22(12-10-21)38-25-6-5-13-32-28(25)19-7-8-19/h5-6,13-17,19,21-22H,4,7-12H2,1-3H3,(H,31,33). The van der Waals surface area contributed by atoms with Crippen LogP contribution in [-0.4, -0.2) is 42.2 Å². The molecule has 4 aromatic rings. The molecule has 0 radical (unpaired) electrons. The third-order valence-electron chi connectivity index (χ3n) is 7.70. The first kappa shape index (κ1) is 24.4. The first-order valence-corrected chi connectivity index (χ1v) is 13.7. The van der Waals surface area contributed by atoms with Crippen molar-refractivity contribution in [3.63, 3.8) is 0 Å². The van der Waals surface area contributed by atoms with Crippen LogP contribution in [0.25, 0.3) is 22.2 Å². The van der Waals surface area contributed by atoms with Gasteiger partial charge in [-0.1, -0.05) is 0 Å². The molecule has 2 saturated carbocycles. The quantitative estimate of drug-likeness (QED) is 0.318. The van der Waals surface area contributed by atoms with Crippen LogP contribution in [0.3, 0.4) is 0 Å². The summed E-state index contributed by atoms with van der Waals surface area (Å²) in [4.78, 5) is 9.23. The number of hydrogen-bond acceptors (Lipinski definition) is 7. The van der Waals surface area contributed by atoms with Crippen molar-refractivity contribution in [3.8, 4) is 23.1 Å². The second-order valence-electron chi connectivity index (χ2n) is 11.0. The van der Waals surface area contributed by atoms with Crippen LogP contribution in [0.5, 0.6) is 5.75 Å². The number of fused-ring (bicyclic) bond motifs is 1. The number of nitrogens with one attached hydrogen (secondary N) is 1. The third-order valence-corrected chi connectivity index (χ3v) is 7.70. The fraction of sp³-hybridized carbons (Fsp3) is 0.483. The van der Waals surface area contributed by atoms with Gasteiger partial charge in [-0.3, -0.25) is 14.3 Å². The predicted octanol–water partition coefficient (Wildman–Crippen LogP) is 5.82. The Balaban J connectivity index is 1.27. The SMILES string of the molecule is CCNc1cc2c(cn1)c(-c1cnn(C(C)(C)C#N)c1)nn2C1CCC(Oc2cccnc2C2CC2)CC1. The van der Waals surface area contributed by atoms with Crippen molar-refractivity contribution in [3.05, 3.63) is 48.7 Å². The minimum atomic E-state index is -0.737. The zero-order chi connectivity index (χ0) is 26.3. The van der Waals surface area contributed by atoms with Crippen molar-refractivity contribution in [1.82, 2.24) is 29.5 Å². The van der Waals surface area contributed by atoms with Gasteiger partial charge >= 0.3 is 0 Å². The molecule has 2 fully saturated rings. The summed E-state index contributed by atoms with van der Waals surface area (Å²) >= 11 is 0. The maximum Gasteiger partial charge on any atom is 0.143 e. The Morgan fingerprint density at radius 1 is 1.13 bits per heavy atom. The molecule has 6 rings (SSSR count). The van der Waals surface area contributed by atoms with Crippen LogP contribution in [-0.2, 0) is 5.54 Å². The molecule has 0 atom stereocenters. The first-order chi connectivity index (χ1) is 18.5. The minimum Gasteiger partial charge on any atom is -0.489 e. The number of pyridine rings is 2. The molecule has 2 aliphatic carbocycles. The maximum absolute atomic E-state index is 9.55. The van der Waals surface area contributed by atoms with Gasteiger partial charge in [-0.2, -0.15) is 15.5 Å². The van der Waals surface area contributed by atoms with Gasteiger partial charge in [0.2, 0.25) is 0 Å². The molecule has 4 aromatic heterocycles. The minimum absolute atomic E-state index is 0.194. The molecule has 9 nitrogen and oxygen atoms in total. The average molecular weight is 511 g/mol. The molecule has 2 aliphatic rings. The predicted molar refractivity (Wildman–Crippen MR) is 146 cm³/mol. The van der Waals surface area contributed by atoms with E-state index >= 15 is 0 Å². The molecule has 0 aromatic carbocycles. The van der Waals surface area contributed by atoms with Gasteiger partial charge in [0.1, 0.15) is 22.8 Å². The maximum atomic E-state index is 9.55. The van der Waals surface area contributed by atoms with Crippen molar-refractivity contribution in [2.24, 2.45) is 0 Å². The zero-order valence-corrected chi connectivity index (χ0v) is 22.3. The van der Waals surface area contributed by atoms with Crippen LogP contribution in [0.1, 0.15) is 76.9 Å². The van der Waals surface area contributed by atoms with Gasteiger partial charge < -0.3 is 10.1 Å². The van der Waals surface area contributed by atoms with Gasteiger partial charge in [-0.05, 0) is 71.4 Å². The van der Waals surface area contributed by atoms with Crippen molar-refractivity contribution in [2.75, 3.05) is 11.9 Å². The van der Waals surface area contributed by atoms with E-state index in [1.807, 2.05) is 38.5 Å². The number of nitrogens with zero attached hydrogens (tertiary/aromatic N) is 7. The van der Waals surface area contributed by atoms with Gasteiger partial charge in [0.25, 0.3) is 0 Å². The number of nitriles is 1. The van der Waals surface area contributed by atoms with Gasteiger partial charge in [0, 0.05) is 48.1 Å². The summed E-state index contributed by atoms with van der Waals surface area (Å²) in [6.45, 7) is 6.57.